The smallest absolute Gasteiger partial charge is 0.294 e. The van der Waals surface area contributed by atoms with Crippen molar-refractivity contribution in [1.82, 2.24) is 5.32 Å². The van der Waals surface area contributed by atoms with Crippen molar-refractivity contribution in [1.29, 1.82) is 0 Å². The number of hydrogen-bond donors (Lipinski definition) is 1. The largest absolute Gasteiger partial charge is 0.449 e. The zero-order valence-corrected chi connectivity index (χ0v) is 19.4. The van der Waals surface area contributed by atoms with Crippen molar-refractivity contribution < 1.29 is 18.7 Å². The molecular weight excluding hydrogens is 439 g/mol. The number of benzene rings is 2. The first-order valence-electron chi connectivity index (χ1n) is 11.5. The van der Waals surface area contributed by atoms with E-state index in [0.717, 1.165) is 17.4 Å². The highest BCUT2D eigenvalue weighted by Crippen LogP contribution is 2.35. The van der Waals surface area contributed by atoms with Crippen LogP contribution in [-0.4, -0.2) is 35.9 Å². The van der Waals surface area contributed by atoms with E-state index in [1.165, 1.54) is 55.2 Å². The lowest BCUT2D eigenvalue weighted by atomic mass is 10.0. The van der Waals surface area contributed by atoms with E-state index in [9.17, 15) is 14.0 Å². The molecule has 0 atom stereocenters. The van der Waals surface area contributed by atoms with Crippen LogP contribution < -0.4 is 15.0 Å². The second-order valence-corrected chi connectivity index (χ2v) is 9.77. The topological polar surface area (TPSA) is 58.6 Å². The van der Waals surface area contributed by atoms with Gasteiger partial charge in [0.05, 0.1) is 5.69 Å². The van der Waals surface area contributed by atoms with E-state index in [2.05, 4.69) is 5.32 Å². The number of halogens is 1. The molecule has 2 amide bonds. The van der Waals surface area contributed by atoms with Crippen molar-refractivity contribution in [3.05, 3.63) is 65.7 Å². The molecule has 33 heavy (non-hydrogen) atoms. The van der Waals surface area contributed by atoms with Crippen molar-refractivity contribution in [2.45, 2.75) is 43.8 Å². The highest BCUT2D eigenvalue weighted by molar-refractivity contribution is 7.99. The van der Waals surface area contributed by atoms with Gasteiger partial charge in [-0.2, -0.15) is 11.8 Å². The minimum atomic E-state index is -0.430. The molecule has 0 unspecified atom stereocenters. The fourth-order valence-corrected chi connectivity index (χ4v) is 5.46. The summed E-state index contributed by atoms with van der Waals surface area (Å²) in [7, 11) is 0. The Hall–Kier alpha value is -2.80. The summed E-state index contributed by atoms with van der Waals surface area (Å²) < 4.78 is 19.3. The van der Waals surface area contributed by atoms with Gasteiger partial charge in [0.15, 0.2) is 11.5 Å². The van der Waals surface area contributed by atoms with E-state index < -0.39 is 11.7 Å². The van der Waals surface area contributed by atoms with Crippen LogP contribution in [0.2, 0.25) is 0 Å². The highest BCUT2D eigenvalue weighted by atomic mass is 32.2. The molecule has 0 radical (unpaired) electrons. The molecule has 1 aliphatic heterocycles. The number of thioether (sulfide) groups is 1. The molecule has 4 rings (SSSR count). The summed E-state index contributed by atoms with van der Waals surface area (Å²) in [5, 5.41) is 3.70. The average Bonchev–Trinajstić information content (AvgIpc) is 2.82. The number of ether oxygens (including phenoxy) is 1. The summed E-state index contributed by atoms with van der Waals surface area (Å²) in [5.41, 5.74) is 1.06. The number of para-hydroxylation sites is 2. The molecule has 0 aromatic heterocycles. The van der Waals surface area contributed by atoms with Crippen LogP contribution in [0.5, 0.6) is 5.75 Å². The predicted octanol–water partition coefficient (Wildman–Crippen LogP) is 5.16. The zero-order valence-electron chi connectivity index (χ0n) is 18.6. The number of anilines is 1. The number of carbonyl (C=O) groups excluding carboxylic acids is 2. The summed E-state index contributed by atoms with van der Waals surface area (Å²) in [6, 6.07) is 13.0. The third-order valence-corrected chi connectivity index (χ3v) is 7.30. The van der Waals surface area contributed by atoms with Crippen LogP contribution >= 0.6 is 11.8 Å². The molecular formula is C26H29FN2O3S. The zero-order chi connectivity index (χ0) is 23.0. The Labute approximate surface area is 198 Å². The van der Waals surface area contributed by atoms with Gasteiger partial charge in [0.1, 0.15) is 12.4 Å². The third kappa shape index (κ3) is 6.38. The maximum atomic E-state index is 13.6. The molecule has 2 aliphatic rings. The average molecular weight is 469 g/mol. The Kier molecular flexibility index (Phi) is 8.05. The van der Waals surface area contributed by atoms with Crippen molar-refractivity contribution in [2.24, 2.45) is 0 Å². The van der Waals surface area contributed by atoms with Crippen LogP contribution in [0.25, 0.3) is 6.08 Å². The normalized spacial score (nSPS) is 17.5. The molecule has 0 spiro atoms. The molecule has 1 fully saturated rings. The Morgan fingerprint density at radius 1 is 1.15 bits per heavy atom. The fourth-order valence-electron chi connectivity index (χ4n) is 4.15. The van der Waals surface area contributed by atoms with E-state index in [-0.39, 0.29) is 18.2 Å². The summed E-state index contributed by atoms with van der Waals surface area (Å²) in [5.74, 6) is 0.525. The lowest BCUT2D eigenvalue weighted by molar-refractivity contribution is -0.123. The number of rotatable bonds is 8. The van der Waals surface area contributed by atoms with Gasteiger partial charge >= 0.3 is 0 Å². The van der Waals surface area contributed by atoms with Crippen LogP contribution in [0, 0.1) is 5.82 Å². The standard InChI is InChI=1S/C26H29FN2O3S/c27-20-9-6-8-19(16-20)17-24-26(31)29(22-12-4-5-13-23(22)32-24)18-25(30)28-14-7-15-33-21-10-2-1-3-11-21/h4-6,8-9,12-13,16-17,21H,1-3,7,10-11,14-15,18H2,(H,28,30). The van der Waals surface area contributed by atoms with Gasteiger partial charge in [0.25, 0.3) is 5.91 Å². The molecule has 0 saturated heterocycles. The number of hydrogen-bond acceptors (Lipinski definition) is 4. The fraction of sp³-hybridized carbons (Fsp3) is 0.385. The van der Waals surface area contributed by atoms with E-state index in [0.29, 0.717) is 23.5 Å². The van der Waals surface area contributed by atoms with Crippen LogP contribution in [0.3, 0.4) is 0 Å². The molecule has 1 aliphatic carbocycles. The summed E-state index contributed by atoms with van der Waals surface area (Å²) in [6.07, 6.45) is 9.04. The van der Waals surface area contributed by atoms with Gasteiger partial charge in [-0.05, 0) is 60.9 Å². The summed E-state index contributed by atoms with van der Waals surface area (Å²) >= 11 is 2.01. The van der Waals surface area contributed by atoms with Gasteiger partial charge < -0.3 is 10.1 Å². The van der Waals surface area contributed by atoms with Crippen molar-refractivity contribution in [3.8, 4) is 5.75 Å². The van der Waals surface area contributed by atoms with Gasteiger partial charge in [0.2, 0.25) is 5.91 Å². The minimum absolute atomic E-state index is 0.0518. The monoisotopic (exact) mass is 468 g/mol. The van der Waals surface area contributed by atoms with Gasteiger partial charge in [-0.15, -0.1) is 0 Å². The molecule has 7 heteroatoms. The van der Waals surface area contributed by atoms with Crippen LogP contribution in [0.15, 0.2) is 54.3 Å². The maximum absolute atomic E-state index is 13.6. The number of fused-ring (bicyclic) bond motifs is 1. The first-order chi connectivity index (χ1) is 16.1. The van der Waals surface area contributed by atoms with Gasteiger partial charge in [-0.1, -0.05) is 43.5 Å². The number of nitrogens with one attached hydrogen (secondary N) is 1. The van der Waals surface area contributed by atoms with Gasteiger partial charge in [-0.25, -0.2) is 4.39 Å². The van der Waals surface area contributed by atoms with Crippen LogP contribution in [-0.2, 0) is 9.59 Å². The predicted molar refractivity (Wildman–Crippen MR) is 131 cm³/mol. The van der Waals surface area contributed by atoms with Crippen LogP contribution in [0.4, 0.5) is 10.1 Å². The molecule has 2 aromatic carbocycles. The van der Waals surface area contributed by atoms with E-state index >= 15 is 0 Å². The quantitative estimate of drug-likeness (QED) is 0.429. The number of nitrogens with zero attached hydrogens (tertiary/aromatic N) is 1. The first kappa shape index (κ1) is 23.4. The lowest BCUT2D eigenvalue weighted by Gasteiger charge is -2.30. The van der Waals surface area contributed by atoms with Crippen molar-refractivity contribution in [3.63, 3.8) is 0 Å². The lowest BCUT2D eigenvalue weighted by Crippen LogP contribution is -2.44. The molecule has 0 bridgehead atoms. The summed E-state index contributed by atoms with van der Waals surface area (Å²) in [6.45, 7) is 0.486. The molecule has 174 valence electrons. The van der Waals surface area contributed by atoms with E-state index in [1.54, 1.807) is 36.4 Å². The second kappa shape index (κ2) is 11.4. The van der Waals surface area contributed by atoms with E-state index in [4.69, 9.17) is 4.74 Å². The molecule has 5 nitrogen and oxygen atoms in total. The number of amides is 2. The Balaban J connectivity index is 1.36. The minimum Gasteiger partial charge on any atom is -0.449 e. The van der Waals surface area contributed by atoms with Crippen molar-refractivity contribution >= 4 is 35.3 Å². The maximum Gasteiger partial charge on any atom is 0.294 e. The highest BCUT2D eigenvalue weighted by Gasteiger charge is 2.31. The molecule has 1 heterocycles. The van der Waals surface area contributed by atoms with E-state index in [1.807, 2.05) is 11.8 Å². The number of carbonyl (C=O) groups is 2. The Bertz CT molecular complexity index is 1020. The third-order valence-electron chi connectivity index (χ3n) is 5.83. The van der Waals surface area contributed by atoms with Gasteiger partial charge in [0, 0.05) is 11.8 Å². The molecule has 1 saturated carbocycles. The molecule has 2 aromatic rings. The summed E-state index contributed by atoms with van der Waals surface area (Å²) in [4.78, 5) is 27.2. The second-order valence-electron chi connectivity index (χ2n) is 8.36. The SMILES string of the molecule is O=C(CN1C(=O)C(=Cc2cccc(F)c2)Oc2ccccc21)NCCCSC1CCCCC1. The molecule has 1 N–H and O–H groups in total. The Morgan fingerprint density at radius 3 is 2.79 bits per heavy atom. The Morgan fingerprint density at radius 2 is 1.97 bits per heavy atom. The van der Waals surface area contributed by atoms with Crippen molar-refractivity contribution in [2.75, 3.05) is 23.7 Å². The first-order valence-corrected chi connectivity index (χ1v) is 12.6. The van der Waals surface area contributed by atoms with Crippen LogP contribution in [0.1, 0.15) is 44.1 Å². The van der Waals surface area contributed by atoms with Gasteiger partial charge in [-0.3, -0.25) is 14.5 Å².